The second-order valence-electron chi connectivity index (χ2n) is 7.79. The summed E-state index contributed by atoms with van der Waals surface area (Å²) in [4.78, 5) is 61.9. The number of nitrogens with two attached hydrogens (primary N) is 2. The van der Waals surface area contributed by atoms with E-state index in [2.05, 4.69) is 10.6 Å². The van der Waals surface area contributed by atoms with Crippen LogP contribution in [0.15, 0.2) is 24.3 Å². The van der Waals surface area contributed by atoms with E-state index in [-0.39, 0.29) is 31.6 Å². The molecule has 1 aromatic rings. The molecule has 1 aliphatic heterocycles. The van der Waals surface area contributed by atoms with Gasteiger partial charge in [0.25, 0.3) is 0 Å². The van der Waals surface area contributed by atoms with Crippen LogP contribution in [0.5, 0.6) is 5.75 Å². The molecule has 0 radical (unpaired) electrons. The van der Waals surface area contributed by atoms with Crippen LogP contribution in [0.1, 0.15) is 31.2 Å². The predicted octanol–water partition coefficient (Wildman–Crippen LogP) is -1.80. The number of benzene rings is 1. The molecule has 33 heavy (non-hydrogen) atoms. The number of rotatable bonds is 11. The van der Waals surface area contributed by atoms with Gasteiger partial charge in [0.2, 0.25) is 23.6 Å². The van der Waals surface area contributed by atoms with Gasteiger partial charge in [0.05, 0.1) is 6.54 Å². The van der Waals surface area contributed by atoms with Gasteiger partial charge < -0.3 is 37.2 Å². The molecule has 2 rings (SSSR count). The van der Waals surface area contributed by atoms with E-state index in [1.165, 1.54) is 29.2 Å². The van der Waals surface area contributed by atoms with Crippen LogP contribution in [0.2, 0.25) is 0 Å². The number of hydrogen-bond donors (Lipinski definition) is 6. The summed E-state index contributed by atoms with van der Waals surface area (Å²) >= 11 is 0. The smallest absolute Gasteiger partial charge is 0.326 e. The van der Waals surface area contributed by atoms with E-state index >= 15 is 0 Å². The number of phenolic OH excluding ortho intramolecular Hbond substituents is 1. The van der Waals surface area contributed by atoms with E-state index in [4.69, 9.17) is 11.5 Å². The summed E-state index contributed by atoms with van der Waals surface area (Å²) in [6.45, 7) is 0.104. The summed E-state index contributed by atoms with van der Waals surface area (Å²) in [6.07, 6.45) is 0.551. The van der Waals surface area contributed by atoms with Crippen molar-refractivity contribution < 1.29 is 34.2 Å². The number of aliphatic carboxylic acids is 1. The van der Waals surface area contributed by atoms with Gasteiger partial charge in [-0.1, -0.05) is 12.1 Å². The fraction of sp³-hybridized carbons (Fsp3) is 0.476. The molecule has 180 valence electrons. The number of nitrogens with zero attached hydrogens (tertiary/aromatic N) is 1. The third-order valence-corrected chi connectivity index (χ3v) is 5.35. The van der Waals surface area contributed by atoms with Crippen molar-refractivity contribution in [2.75, 3.05) is 13.1 Å². The van der Waals surface area contributed by atoms with Crippen molar-refractivity contribution in [3.8, 4) is 5.75 Å². The molecule has 1 fully saturated rings. The molecule has 1 heterocycles. The molecular formula is C21H29N5O7. The Hall–Kier alpha value is -3.67. The zero-order valence-corrected chi connectivity index (χ0v) is 18.0. The second-order valence-corrected chi connectivity index (χ2v) is 7.79. The van der Waals surface area contributed by atoms with Gasteiger partial charge >= 0.3 is 5.97 Å². The molecule has 0 aliphatic carbocycles. The van der Waals surface area contributed by atoms with Crippen LogP contribution in [0, 0.1) is 0 Å². The first-order chi connectivity index (χ1) is 15.6. The quantitative estimate of drug-likeness (QED) is 0.220. The average molecular weight is 463 g/mol. The Bertz CT molecular complexity index is 889. The van der Waals surface area contributed by atoms with Gasteiger partial charge in [-0.3, -0.25) is 19.2 Å². The molecule has 3 atom stereocenters. The number of carboxylic acid groups (broad SMARTS) is 1. The van der Waals surface area contributed by atoms with Crippen molar-refractivity contribution >= 4 is 29.6 Å². The Morgan fingerprint density at radius 1 is 1.09 bits per heavy atom. The van der Waals surface area contributed by atoms with Gasteiger partial charge in [-0.2, -0.15) is 0 Å². The SMILES string of the molecule is NCC(=O)N1CCCC1C(=O)NC(CCC(N)=O)C(=O)NC(Cc1ccc(O)cc1)C(=O)O. The van der Waals surface area contributed by atoms with E-state index < -0.39 is 47.7 Å². The molecular weight excluding hydrogens is 434 g/mol. The summed E-state index contributed by atoms with van der Waals surface area (Å²) in [7, 11) is 0. The van der Waals surface area contributed by atoms with Crippen LogP contribution in [0.25, 0.3) is 0 Å². The maximum absolute atomic E-state index is 12.9. The van der Waals surface area contributed by atoms with Crippen molar-refractivity contribution in [2.24, 2.45) is 11.5 Å². The van der Waals surface area contributed by atoms with Crippen LogP contribution in [-0.4, -0.2) is 75.9 Å². The van der Waals surface area contributed by atoms with Crippen molar-refractivity contribution in [2.45, 2.75) is 50.2 Å². The number of aromatic hydroxyl groups is 1. The Labute approximate surface area is 190 Å². The zero-order chi connectivity index (χ0) is 24.5. The van der Waals surface area contributed by atoms with Crippen LogP contribution in [-0.2, 0) is 30.4 Å². The maximum atomic E-state index is 12.9. The van der Waals surface area contributed by atoms with Crippen molar-refractivity contribution in [1.82, 2.24) is 15.5 Å². The average Bonchev–Trinajstić information content (AvgIpc) is 3.26. The first-order valence-electron chi connectivity index (χ1n) is 10.5. The van der Waals surface area contributed by atoms with Crippen LogP contribution in [0.3, 0.4) is 0 Å². The number of nitrogens with one attached hydrogen (secondary N) is 2. The van der Waals surface area contributed by atoms with E-state index in [0.29, 0.717) is 24.9 Å². The van der Waals surface area contributed by atoms with Gasteiger partial charge in [0, 0.05) is 19.4 Å². The summed E-state index contributed by atoms with van der Waals surface area (Å²) in [5, 5.41) is 23.8. The van der Waals surface area contributed by atoms with Crippen molar-refractivity contribution in [1.29, 1.82) is 0 Å². The van der Waals surface area contributed by atoms with E-state index in [1.807, 2.05) is 0 Å². The summed E-state index contributed by atoms with van der Waals surface area (Å²) in [5.41, 5.74) is 11.1. The number of carboxylic acids is 1. The lowest BCUT2D eigenvalue weighted by Gasteiger charge is -2.26. The highest BCUT2D eigenvalue weighted by Crippen LogP contribution is 2.18. The Kier molecular flexibility index (Phi) is 9.16. The van der Waals surface area contributed by atoms with Crippen molar-refractivity contribution in [3.05, 3.63) is 29.8 Å². The molecule has 8 N–H and O–H groups in total. The lowest BCUT2D eigenvalue weighted by Crippen LogP contribution is -2.56. The highest BCUT2D eigenvalue weighted by molar-refractivity contribution is 5.94. The molecule has 3 unspecified atom stereocenters. The maximum Gasteiger partial charge on any atom is 0.326 e. The van der Waals surface area contributed by atoms with Gasteiger partial charge in [-0.15, -0.1) is 0 Å². The van der Waals surface area contributed by atoms with E-state index in [0.717, 1.165) is 0 Å². The van der Waals surface area contributed by atoms with Gasteiger partial charge in [-0.05, 0) is 37.0 Å². The number of phenols is 1. The number of amides is 4. The minimum atomic E-state index is -1.32. The first-order valence-corrected chi connectivity index (χ1v) is 10.5. The number of primary amides is 1. The lowest BCUT2D eigenvalue weighted by atomic mass is 10.0. The molecule has 1 saturated heterocycles. The van der Waals surface area contributed by atoms with Crippen LogP contribution < -0.4 is 22.1 Å². The molecule has 0 saturated carbocycles. The summed E-state index contributed by atoms with van der Waals surface area (Å²) in [5.74, 6) is -3.77. The third-order valence-electron chi connectivity index (χ3n) is 5.35. The largest absolute Gasteiger partial charge is 0.508 e. The fourth-order valence-electron chi connectivity index (χ4n) is 3.62. The number of likely N-dealkylation sites (tertiary alicyclic amines) is 1. The highest BCUT2D eigenvalue weighted by atomic mass is 16.4. The molecule has 0 aromatic heterocycles. The Balaban J connectivity index is 2.11. The molecule has 1 aromatic carbocycles. The monoisotopic (exact) mass is 463 g/mol. The predicted molar refractivity (Wildman–Crippen MR) is 116 cm³/mol. The molecule has 1 aliphatic rings. The molecule has 12 nitrogen and oxygen atoms in total. The van der Waals surface area contributed by atoms with Gasteiger partial charge in [-0.25, -0.2) is 4.79 Å². The molecule has 12 heteroatoms. The topological polar surface area (TPSA) is 205 Å². The highest BCUT2D eigenvalue weighted by Gasteiger charge is 2.36. The second kappa shape index (κ2) is 11.8. The molecule has 4 amide bonds. The Morgan fingerprint density at radius 2 is 1.76 bits per heavy atom. The minimum Gasteiger partial charge on any atom is -0.508 e. The zero-order valence-electron chi connectivity index (χ0n) is 18.0. The number of carbonyl (C=O) groups excluding carboxylic acids is 4. The molecule has 0 spiro atoms. The normalized spacial score (nSPS) is 17.1. The number of carbonyl (C=O) groups is 5. The standard InChI is InChI=1S/C21H29N5O7/c22-11-18(29)26-9-1-2-16(26)20(31)24-14(7-8-17(23)28)19(30)25-15(21(32)33)10-12-3-5-13(27)6-4-12/h3-6,14-16,27H,1-2,7-11,22H2,(H2,23,28)(H,24,31)(H,25,30)(H,32,33). The summed E-state index contributed by atoms with van der Waals surface area (Å²) < 4.78 is 0. The number of hydrogen-bond acceptors (Lipinski definition) is 7. The summed E-state index contributed by atoms with van der Waals surface area (Å²) in [6, 6.07) is 2.46. The van der Waals surface area contributed by atoms with Crippen LogP contribution in [0.4, 0.5) is 0 Å². The van der Waals surface area contributed by atoms with Gasteiger partial charge in [0.1, 0.15) is 23.9 Å². The van der Waals surface area contributed by atoms with E-state index in [9.17, 15) is 34.2 Å². The lowest BCUT2D eigenvalue weighted by molar-refractivity contribution is -0.143. The van der Waals surface area contributed by atoms with E-state index in [1.54, 1.807) is 0 Å². The Morgan fingerprint density at radius 3 is 2.33 bits per heavy atom. The molecule has 0 bridgehead atoms. The minimum absolute atomic E-state index is 0.0120. The van der Waals surface area contributed by atoms with Crippen molar-refractivity contribution in [3.63, 3.8) is 0 Å². The fourth-order valence-corrected chi connectivity index (χ4v) is 3.62. The van der Waals surface area contributed by atoms with Gasteiger partial charge in [0.15, 0.2) is 0 Å². The van der Waals surface area contributed by atoms with Crippen LogP contribution >= 0.6 is 0 Å². The first kappa shape index (κ1) is 25.6. The third kappa shape index (κ3) is 7.45.